The number of nitrogens with one attached hydrogen (secondary N) is 2. The Balaban J connectivity index is 1.82. The summed E-state index contributed by atoms with van der Waals surface area (Å²) in [6.45, 7) is 19.5. The average molecular weight is 622 g/mol. The maximum atomic E-state index is 13.7. The van der Waals surface area contributed by atoms with Crippen molar-refractivity contribution in [3.8, 4) is 0 Å². The van der Waals surface area contributed by atoms with Crippen LogP contribution in [0.4, 0.5) is 10.5 Å². The van der Waals surface area contributed by atoms with Crippen LogP contribution in [0.5, 0.6) is 0 Å². The van der Waals surface area contributed by atoms with Crippen LogP contribution in [0.1, 0.15) is 82.2 Å². The van der Waals surface area contributed by atoms with E-state index in [0.717, 1.165) is 5.56 Å². The zero-order valence-corrected chi connectivity index (χ0v) is 28.3. The van der Waals surface area contributed by atoms with Crippen molar-refractivity contribution in [3.63, 3.8) is 0 Å². The first-order chi connectivity index (χ1) is 19.1. The minimum Gasteiger partial charge on any atom is -0.444 e. The molecule has 1 amide bonds. The highest BCUT2D eigenvalue weighted by Crippen LogP contribution is 2.34. The fraction of sp³-hybridized carbons (Fsp3) is 0.581. The maximum Gasteiger partial charge on any atom is 0.410 e. The Bertz CT molecular complexity index is 1530. The smallest absolute Gasteiger partial charge is 0.410 e. The summed E-state index contributed by atoms with van der Waals surface area (Å²) >= 11 is 0. The quantitative estimate of drug-likeness (QED) is 0.394. The minimum absolute atomic E-state index is 0.0137. The second-order valence-electron chi connectivity index (χ2n) is 13.4. The van der Waals surface area contributed by atoms with E-state index in [2.05, 4.69) is 30.2 Å². The van der Waals surface area contributed by atoms with Crippen molar-refractivity contribution < 1.29 is 26.4 Å². The highest BCUT2D eigenvalue weighted by Gasteiger charge is 2.32. The average Bonchev–Trinajstić information content (AvgIpc) is 2.85. The van der Waals surface area contributed by atoms with Crippen LogP contribution in [0.15, 0.2) is 34.1 Å². The van der Waals surface area contributed by atoms with Crippen molar-refractivity contribution in [2.24, 2.45) is 5.92 Å². The molecule has 1 aliphatic rings. The van der Waals surface area contributed by atoms with Gasteiger partial charge in [-0.3, -0.25) is 4.72 Å². The number of benzene rings is 2. The fourth-order valence-corrected chi connectivity index (χ4v) is 8.62. The number of anilines is 1. The zero-order chi connectivity index (χ0) is 31.8. The van der Waals surface area contributed by atoms with Gasteiger partial charge in [-0.1, -0.05) is 32.9 Å². The van der Waals surface area contributed by atoms with E-state index >= 15 is 0 Å². The number of amides is 1. The van der Waals surface area contributed by atoms with Crippen molar-refractivity contribution >= 4 is 31.8 Å². The topological polar surface area (TPSA) is 122 Å². The number of hydrogen-bond acceptors (Lipinski definition) is 6. The first-order valence-corrected chi connectivity index (χ1v) is 17.3. The minimum atomic E-state index is -4.10. The van der Waals surface area contributed by atoms with Gasteiger partial charge in [0, 0.05) is 25.3 Å². The predicted octanol–water partition coefficient (Wildman–Crippen LogP) is 5.94. The molecule has 2 N–H and O–H groups in total. The number of rotatable bonds is 7. The summed E-state index contributed by atoms with van der Waals surface area (Å²) in [7, 11) is -8.14. The van der Waals surface area contributed by atoms with E-state index in [1.165, 1.54) is 0 Å². The molecule has 11 heteroatoms. The summed E-state index contributed by atoms with van der Waals surface area (Å²) in [6.07, 6.45) is 0.893. The molecular formula is C31H47N3O6S2. The van der Waals surface area contributed by atoms with Crippen molar-refractivity contribution in [2.75, 3.05) is 24.4 Å². The van der Waals surface area contributed by atoms with Crippen LogP contribution >= 0.6 is 0 Å². The Labute approximate surface area is 252 Å². The fourth-order valence-electron chi connectivity index (χ4n) is 5.28. The second kappa shape index (κ2) is 12.2. The van der Waals surface area contributed by atoms with Crippen molar-refractivity contribution in [3.05, 3.63) is 52.1 Å². The van der Waals surface area contributed by atoms with E-state index in [4.69, 9.17) is 4.74 Å². The monoisotopic (exact) mass is 621 g/mol. The standard InChI is InChI=1S/C31H47N3O6S2/c1-20-21(2)27(41(36,37)32-19-24-15-17-34(18-16-24)29(35)40-31(8,9)10)23(4)28(22(20)3)42(38,39)33-26-13-11-25(12-14-26)30(5,6)7/h11-14,24,32-33H,15-19H2,1-10H3. The molecular weight excluding hydrogens is 574 g/mol. The Morgan fingerprint density at radius 3 is 1.79 bits per heavy atom. The molecule has 9 nitrogen and oxygen atoms in total. The van der Waals surface area contributed by atoms with E-state index in [1.54, 1.807) is 44.7 Å². The summed E-state index contributed by atoms with van der Waals surface area (Å²) in [4.78, 5) is 14.0. The molecule has 3 rings (SSSR count). The highest BCUT2D eigenvalue weighted by atomic mass is 32.2. The lowest BCUT2D eigenvalue weighted by Gasteiger charge is -2.33. The molecule has 1 heterocycles. The van der Waals surface area contributed by atoms with Gasteiger partial charge in [0.25, 0.3) is 10.0 Å². The van der Waals surface area contributed by atoms with E-state index in [0.29, 0.717) is 48.3 Å². The predicted molar refractivity (Wildman–Crippen MR) is 167 cm³/mol. The van der Waals surface area contributed by atoms with Gasteiger partial charge in [0.2, 0.25) is 10.0 Å². The van der Waals surface area contributed by atoms with Gasteiger partial charge in [-0.25, -0.2) is 26.4 Å². The van der Waals surface area contributed by atoms with Gasteiger partial charge in [-0.15, -0.1) is 0 Å². The summed E-state index contributed by atoms with van der Waals surface area (Å²) in [5.74, 6) is 0.0339. The summed E-state index contributed by atoms with van der Waals surface area (Å²) < 4.78 is 65.5. The van der Waals surface area contributed by atoms with Crippen LogP contribution in [0, 0.1) is 33.6 Å². The molecule has 1 aliphatic heterocycles. The normalized spacial score (nSPS) is 15.5. The number of hydrogen-bond donors (Lipinski definition) is 2. The van der Waals surface area contributed by atoms with Crippen LogP contribution in [-0.2, 0) is 30.2 Å². The molecule has 1 saturated heterocycles. The Kier molecular flexibility index (Phi) is 9.81. The summed E-state index contributed by atoms with van der Waals surface area (Å²) in [5.41, 5.74) is 2.63. The van der Waals surface area contributed by atoms with Crippen LogP contribution in [-0.4, -0.2) is 53.1 Å². The third-order valence-electron chi connectivity index (χ3n) is 7.86. The zero-order valence-electron chi connectivity index (χ0n) is 26.6. The molecule has 0 unspecified atom stereocenters. The summed E-state index contributed by atoms with van der Waals surface area (Å²) in [6, 6.07) is 7.21. The molecule has 0 aromatic heterocycles. The van der Waals surface area contributed by atoms with Gasteiger partial charge in [0.15, 0.2) is 0 Å². The molecule has 0 bridgehead atoms. The SMILES string of the molecule is Cc1c(C)c(S(=O)(=O)NCC2CCN(C(=O)OC(C)(C)C)CC2)c(C)c(S(=O)(=O)Nc2ccc(C(C)(C)C)cc2)c1C. The van der Waals surface area contributed by atoms with Gasteiger partial charge >= 0.3 is 6.09 Å². The number of nitrogens with zero attached hydrogens (tertiary/aromatic N) is 1. The molecule has 0 aliphatic carbocycles. The Hall–Kier alpha value is -2.63. The molecule has 234 valence electrons. The van der Waals surface area contributed by atoms with Gasteiger partial charge in [-0.2, -0.15) is 0 Å². The Morgan fingerprint density at radius 1 is 0.810 bits per heavy atom. The summed E-state index contributed by atoms with van der Waals surface area (Å²) in [5, 5.41) is 0. The second-order valence-corrected chi connectivity index (χ2v) is 16.7. The number of carbonyl (C=O) groups is 1. The lowest BCUT2D eigenvalue weighted by Crippen LogP contribution is -2.43. The van der Waals surface area contributed by atoms with Gasteiger partial charge < -0.3 is 9.64 Å². The maximum absolute atomic E-state index is 13.7. The Morgan fingerprint density at radius 2 is 1.31 bits per heavy atom. The molecule has 0 atom stereocenters. The van der Waals surface area contributed by atoms with E-state index in [1.807, 2.05) is 32.9 Å². The first kappa shape index (κ1) is 33.9. The van der Waals surface area contributed by atoms with E-state index in [-0.39, 0.29) is 39.3 Å². The van der Waals surface area contributed by atoms with Crippen molar-refractivity contribution in [1.82, 2.24) is 9.62 Å². The molecule has 42 heavy (non-hydrogen) atoms. The third kappa shape index (κ3) is 7.85. The number of ether oxygens (including phenoxy) is 1. The first-order valence-electron chi connectivity index (χ1n) is 14.4. The molecule has 0 spiro atoms. The number of sulfonamides is 2. The molecule has 2 aromatic carbocycles. The highest BCUT2D eigenvalue weighted by molar-refractivity contribution is 7.93. The van der Waals surface area contributed by atoms with Crippen LogP contribution < -0.4 is 9.44 Å². The van der Waals surface area contributed by atoms with Gasteiger partial charge in [0.1, 0.15) is 5.60 Å². The number of carbonyl (C=O) groups excluding carboxylic acids is 1. The largest absolute Gasteiger partial charge is 0.444 e. The number of likely N-dealkylation sites (tertiary alicyclic amines) is 1. The number of piperidine rings is 1. The lowest BCUT2D eigenvalue weighted by atomic mass is 9.87. The van der Waals surface area contributed by atoms with Crippen LogP contribution in [0.3, 0.4) is 0 Å². The van der Waals surface area contributed by atoms with E-state index < -0.39 is 25.6 Å². The lowest BCUT2D eigenvalue weighted by molar-refractivity contribution is 0.0185. The molecule has 2 aromatic rings. The third-order valence-corrected chi connectivity index (χ3v) is 11.2. The van der Waals surface area contributed by atoms with Crippen LogP contribution in [0.25, 0.3) is 0 Å². The van der Waals surface area contributed by atoms with Gasteiger partial charge in [0.05, 0.1) is 9.79 Å². The van der Waals surface area contributed by atoms with Crippen molar-refractivity contribution in [1.29, 1.82) is 0 Å². The molecule has 0 radical (unpaired) electrons. The van der Waals surface area contributed by atoms with Crippen molar-refractivity contribution in [2.45, 2.75) is 103 Å². The van der Waals surface area contributed by atoms with Gasteiger partial charge in [-0.05, 0) is 113 Å². The van der Waals surface area contributed by atoms with E-state index in [9.17, 15) is 21.6 Å². The van der Waals surface area contributed by atoms with Crippen LogP contribution in [0.2, 0.25) is 0 Å². The molecule has 1 fully saturated rings. The molecule has 0 saturated carbocycles.